The fraction of sp³-hybridized carbons (Fsp3) is 0.545. The van der Waals surface area contributed by atoms with Gasteiger partial charge in [0, 0.05) is 19.8 Å². The van der Waals surface area contributed by atoms with Crippen molar-refractivity contribution in [3.8, 4) is 5.75 Å². The Kier molecular flexibility index (Phi) is 7.93. The number of benzene rings is 1. The standard InChI is InChI=1S/C22H27F3N4O4/c1-15(30)28-21(12-6-2-3-7-13-21)20-27-19(33-29-20)11-10-18(31)26-16-8-4-5-9-17(16)32-14-22(23,24)25/h4-5,8-9H,2-3,6-7,10-14H2,1H3,(H,26,31)(H,28,30). The number of para-hydroxylation sites is 2. The maximum Gasteiger partial charge on any atom is 0.422 e. The van der Waals surface area contributed by atoms with Gasteiger partial charge in [-0.15, -0.1) is 0 Å². The van der Waals surface area contributed by atoms with Crippen molar-refractivity contribution in [3.63, 3.8) is 0 Å². The van der Waals surface area contributed by atoms with Gasteiger partial charge in [-0.2, -0.15) is 18.2 Å². The first kappa shape index (κ1) is 24.5. The zero-order chi connectivity index (χ0) is 23.9. The third kappa shape index (κ3) is 7.19. The van der Waals surface area contributed by atoms with Gasteiger partial charge in [-0.25, -0.2) is 0 Å². The smallest absolute Gasteiger partial charge is 0.422 e. The molecule has 0 atom stereocenters. The second-order valence-electron chi connectivity index (χ2n) is 8.14. The predicted molar refractivity (Wildman–Crippen MR) is 112 cm³/mol. The van der Waals surface area contributed by atoms with Crippen molar-refractivity contribution >= 4 is 17.5 Å². The summed E-state index contributed by atoms with van der Waals surface area (Å²) >= 11 is 0. The minimum atomic E-state index is -4.49. The molecule has 8 nitrogen and oxygen atoms in total. The number of carbonyl (C=O) groups excluding carboxylic acids is 2. The Morgan fingerprint density at radius 1 is 1.15 bits per heavy atom. The number of halogens is 3. The summed E-state index contributed by atoms with van der Waals surface area (Å²) in [5.74, 6) is -0.0385. The maximum atomic E-state index is 12.4. The first-order valence-corrected chi connectivity index (χ1v) is 10.9. The van der Waals surface area contributed by atoms with Crippen molar-refractivity contribution in [2.24, 2.45) is 0 Å². The van der Waals surface area contributed by atoms with E-state index in [9.17, 15) is 22.8 Å². The topological polar surface area (TPSA) is 106 Å². The molecule has 3 rings (SSSR count). The quantitative estimate of drug-likeness (QED) is 0.561. The highest BCUT2D eigenvalue weighted by Gasteiger charge is 2.38. The lowest BCUT2D eigenvalue weighted by atomic mass is 9.89. The minimum Gasteiger partial charge on any atom is -0.482 e. The molecule has 1 aromatic heterocycles. The van der Waals surface area contributed by atoms with Crippen LogP contribution in [0.2, 0.25) is 0 Å². The number of hydrogen-bond donors (Lipinski definition) is 2. The summed E-state index contributed by atoms with van der Waals surface area (Å²) in [5.41, 5.74) is -0.540. The molecule has 2 amide bonds. The number of rotatable bonds is 8. The van der Waals surface area contributed by atoms with Crippen molar-refractivity contribution in [2.75, 3.05) is 11.9 Å². The molecule has 2 N–H and O–H groups in total. The van der Waals surface area contributed by atoms with Crippen LogP contribution < -0.4 is 15.4 Å². The van der Waals surface area contributed by atoms with Gasteiger partial charge in [0.05, 0.1) is 5.69 Å². The van der Waals surface area contributed by atoms with E-state index in [1.54, 1.807) is 6.07 Å². The molecule has 0 spiro atoms. The molecule has 33 heavy (non-hydrogen) atoms. The van der Waals surface area contributed by atoms with Gasteiger partial charge in [-0.05, 0) is 25.0 Å². The van der Waals surface area contributed by atoms with E-state index in [-0.39, 0.29) is 36.1 Å². The summed E-state index contributed by atoms with van der Waals surface area (Å²) in [7, 11) is 0. The van der Waals surface area contributed by atoms with E-state index in [0.717, 1.165) is 25.7 Å². The van der Waals surface area contributed by atoms with Crippen LogP contribution in [0.25, 0.3) is 0 Å². The van der Waals surface area contributed by atoms with Gasteiger partial charge in [-0.3, -0.25) is 9.59 Å². The van der Waals surface area contributed by atoms with Gasteiger partial charge in [0.25, 0.3) is 0 Å². The van der Waals surface area contributed by atoms with Gasteiger partial charge >= 0.3 is 6.18 Å². The van der Waals surface area contributed by atoms with Crippen LogP contribution in [0.3, 0.4) is 0 Å². The summed E-state index contributed by atoms with van der Waals surface area (Å²) < 4.78 is 47.4. The average Bonchev–Trinajstić information content (AvgIpc) is 3.11. The van der Waals surface area contributed by atoms with Gasteiger partial charge in [0.1, 0.15) is 11.3 Å². The van der Waals surface area contributed by atoms with Crippen molar-refractivity contribution < 1.29 is 32.0 Å². The lowest BCUT2D eigenvalue weighted by Gasteiger charge is -2.30. The van der Waals surface area contributed by atoms with Gasteiger partial charge in [0.15, 0.2) is 12.4 Å². The number of anilines is 1. The van der Waals surface area contributed by atoms with Crippen LogP contribution in [0.15, 0.2) is 28.8 Å². The van der Waals surface area contributed by atoms with E-state index in [4.69, 9.17) is 9.26 Å². The zero-order valence-electron chi connectivity index (χ0n) is 18.3. The molecular weight excluding hydrogens is 441 g/mol. The Morgan fingerprint density at radius 3 is 2.52 bits per heavy atom. The van der Waals surface area contributed by atoms with Crippen molar-refractivity contribution in [1.82, 2.24) is 15.5 Å². The van der Waals surface area contributed by atoms with Gasteiger partial charge in [0.2, 0.25) is 17.7 Å². The molecule has 180 valence electrons. The monoisotopic (exact) mass is 468 g/mol. The fourth-order valence-corrected chi connectivity index (χ4v) is 3.91. The van der Waals surface area contributed by atoms with Gasteiger partial charge in [-0.1, -0.05) is 43.0 Å². The Bertz CT molecular complexity index is 953. The molecule has 0 saturated heterocycles. The maximum absolute atomic E-state index is 12.4. The molecular formula is C22H27F3N4O4. The van der Waals surface area contributed by atoms with Crippen LogP contribution >= 0.6 is 0 Å². The molecule has 0 bridgehead atoms. The van der Waals surface area contributed by atoms with Crippen LogP contribution in [0.5, 0.6) is 5.75 Å². The number of amides is 2. The second-order valence-corrected chi connectivity index (χ2v) is 8.14. The summed E-state index contributed by atoms with van der Waals surface area (Å²) in [6.45, 7) is -0.00503. The highest BCUT2D eigenvalue weighted by molar-refractivity contribution is 5.92. The van der Waals surface area contributed by atoms with E-state index < -0.39 is 24.2 Å². The number of nitrogens with zero attached hydrogens (tertiary/aromatic N) is 2. The third-order valence-electron chi connectivity index (χ3n) is 5.39. The third-order valence-corrected chi connectivity index (χ3v) is 5.39. The van der Waals surface area contributed by atoms with Crippen molar-refractivity contribution in [3.05, 3.63) is 36.0 Å². The molecule has 1 aliphatic rings. The Hall–Kier alpha value is -3.11. The number of carbonyl (C=O) groups is 2. The first-order valence-electron chi connectivity index (χ1n) is 10.9. The molecule has 11 heteroatoms. The first-order chi connectivity index (χ1) is 15.7. The number of nitrogens with one attached hydrogen (secondary N) is 2. The van der Waals surface area contributed by atoms with E-state index in [1.165, 1.54) is 25.1 Å². The van der Waals surface area contributed by atoms with E-state index in [0.29, 0.717) is 18.7 Å². The number of hydrogen-bond acceptors (Lipinski definition) is 6. The summed E-state index contributed by atoms with van der Waals surface area (Å²) in [5, 5.41) is 9.62. The zero-order valence-corrected chi connectivity index (χ0v) is 18.3. The van der Waals surface area contributed by atoms with E-state index in [2.05, 4.69) is 20.8 Å². The predicted octanol–water partition coefficient (Wildman–Crippen LogP) is 4.27. The molecule has 1 aromatic carbocycles. The van der Waals surface area contributed by atoms with E-state index in [1.807, 2.05) is 0 Å². The highest BCUT2D eigenvalue weighted by atomic mass is 19.4. The Balaban J connectivity index is 1.61. The van der Waals surface area contributed by atoms with Crippen LogP contribution in [-0.2, 0) is 21.5 Å². The van der Waals surface area contributed by atoms with Crippen LogP contribution in [-0.4, -0.2) is 34.7 Å². The second kappa shape index (κ2) is 10.7. The molecule has 1 aliphatic carbocycles. The summed E-state index contributed by atoms with van der Waals surface area (Å²) in [6, 6.07) is 5.89. The lowest BCUT2D eigenvalue weighted by molar-refractivity contribution is -0.153. The van der Waals surface area contributed by atoms with Crippen LogP contribution in [0.4, 0.5) is 18.9 Å². The highest BCUT2D eigenvalue weighted by Crippen LogP contribution is 2.34. The molecule has 2 aromatic rings. The lowest BCUT2D eigenvalue weighted by Crippen LogP contribution is -2.45. The number of aromatic nitrogens is 2. The Morgan fingerprint density at radius 2 is 1.85 bits per heavy atom. The average molecular weight is 468 g/mol. The summed E-state index contributed by atoms with van der Waals surface area (Å²) in [6.07, 6.45) is 1.05. The number of alkyl halides is 3. The molecule has 1 fully saturated rings. The number of ether oxygens (including phenoxy) is 1. The van der Waals surface area contributed by atoms with Crippen molar-refractivity contribution in [1.29, 1.82) is 0 Å². The molecule has 0 unspecified atom stereocenters. The molecule has 1 saturated carbocycles. The normalized spacial score (nSPS) is 16.0. The number of aryl methyl sites for hydroxylation is 1. The van der Waals surface area contributed by atoms with Crippen molar-refractivity contribution in [2.45, 2.75) is 70.0 Å². The largest absolute Gasteiger partial charge is 0.482 e. The molecule has 0 aliphatic heterocycles. The van der Waals surface area contributed by atoms with Crippen LogP contribution in [0.1, 0.15) is 63.6 Å². The Labute approximate surface area is 189 Å². The minimum absolute atomic E-state index is 0.0254. The molecule has 1 heterocycles. The van der Waals surface area contributed by atoms with Crippen LogP contribution in [0, 0.1) is 0 Å². The molecule has 0 radical (unpaired) electrons. The van der Waals surface area contributed by atoms with Gasteiger partial charge < -0.3 is 19.9 Å². The fourth-order valence-electron chi connectivity index (χ4n) is 3.91. The van der Waals surface area contributed by atoms with E-state index >= 15 is 0 Å². The SMILES string of the molecule is CC(=O)NC1(c2noc(CCC(=O)Nc3ccccc3OCC(F)(F)F)n2)CCCCCC1. The summed E-state index contributed by atoms with van der Waals surface area (Å²) in [4.78, 5) is 28.6.